The summed E-state index contributed by atoms with van der Waals surface area (Å²) in [7, 11) is 0. The Kier molecular flexibility index (Phi) is 14.8. The van der Waals surface area contributed by atoms with E-state index in [1.165, 1.54) is 0 Å². The zero-order chi connectivity index (χ0) is 21.5. The summed E-state index contributed by atoms with van der Waals surface area (Å²) in [6, 6.07) is 5.28. The maximum atomic E-state index is 11.8. The molecule has 0 aromatic heterocycles. The van der Waals surface area contributed by atoms with Gasteiger partial charge in [-0.1, -0.05) is 19.9 Å². The summed E-state index contributed by atoms with van der Waals surface area (Å²) in [5.41, 5.74) is 6.82. The Morgan fingerprint density at radius 2 is 1.74 bits per heavy atom. The monoisotopic (exact) mass is 385 g/mol. The highest BCUT2D eigenvalue weighted by atomic mass is 16.6. The minimum atomic E-state index is -0.993. The number of nitrogens with two attached hydrogens (primary N) is 1. The van der Waals surface area contributed by atoms with Crippen LogP contribution >= 0.6 is 0 Å². The number of benzene rings is 1. The first-order valence-corrected chi connectivity index (χ1v) is 9.02. The van der Waals surface area contributed by atoms with Gasteiger partial charge in [0, 0.05) is 6.61 Å². The lowest BCUT2D eigenvalue weighted by Gasteiger charge is -2.21. The van der Waals surface area contributed by atoms with E-state index in [2.05, 4.69) is 10.6 Å². The van der Waals surface area contributed by atoms with Gasteiger partial charge in [-0.15, -0.1) is 0 Å². The molecule has 1 amide bonds. The molecule has 0 saturated heterocycles. The molecule has 0 aliphatic rings. The van der Waals surface area contributed by atoms with Crippen LogP contribution in [0.5, 0.6) is 0 Å². The molecule has 0 radical (unpaired) electrons. The van der Waals surface area contributed by atoms with Crippen LogP contribution in [0.15, 0.2) is 18.2 Å². The van der Waals surface area contributed by atoms with Crippen molar-refractivity contribution in [2.75, 3.05) is 30.3 Å². The molecule has 1 rings (SSSR count). The number of rotatable bonds is 6. The minimum Gasteiger partial charge on any atom is -0.480 e. The second-order valence-electron chi connectivity index (χ2n) is 6.11. The third kappa shape index (κ3) is 14.5. The summed E-state index contributed by atoms with van der Waals surface area (Å²) in [5, 5.41) is 21.7. The summed E-state index contributed by atoms with van der Waals surface area (Å²) < 4.78 is 5.19. The summed E-state index contributed by atoms with van der Waals surface area (Å²) >= 11 is 0. The Morgan fingerprint density at radius 3 is 2.19 bits per heavy atom. The second kappa shape index (κ2) is 14.8. The van der Waals surface area contributed by atoms with Crippen molar-refractivity contribution >= 4 is 23.4 Å². The lowest BCUT2D eigenvalue weighted by Crippen LogP contribution is -2.27. The zero-order valence-electron chi connectivity index (χ0n) is 17.3. The Balaban J connectivity index is 0. The highest BCUT2D eigenvalue weighted by molar-refractivity contribution is 5.90. The molecule has 0 atom stereocenters. The quantitative estimate of drug-likeness (QED) is 0.508. The lowest BCUT2D eigenvalue weighted by molar-refractivity contribution is -0.134. The van der Waals surface area contributed by atoms with E-state index in [-0.39, 0.29) is 13.2 Å². The van der Waals surface area contributed by atoms with Gasteiger partial charge in [0.15, 0.2) is 0 Å². The molecule has 156 valence electrons. The predicted octanol–water partition coefficient (Wildman–Crippen LogP) is 3.06. The fraction of sp³-hybridized carbons (Fsp3) is 0.579. The van der Waals surface area contributed by atoms with Gasteiger partial charge in [-0.2, -0.15) is 0 Å². The van der Waals surface area contributed by atoms with Crippen LogP contribution in [-0.4, -0.2) is 47.6 Å². The van der Waals surface area contributed by atoms with Crippen molar-refractivity contribution in [1.82, 2.24) is 0 Å². The first-order valence-electron chi connectivity index (χ1n) is 9.02. The standard InChI is InChI=1S/C15H23N3O4.C2H6O.C2H6/c1-15(2,3)22-14(21)18-11-5-4-10(6-7-16)8-12(11)17-9-13(19)20;1-2-3;1-2/h4-5,8,17H,6-7,9,16H2,1-3H3,(H,18,21)(H,19,20);3H,2H2,1H3;1-2H3. The fourth-order valence-corrected chi connectivity index (χ4v) is 1.75. The molecule has 1 aromatic carbocycles. The summed E-state index contributed by atoms with van der Waals surface area (Å²) in [6.45, 7) is 11.5. The van der Waals surface area contributed by atoms with E-state index < -0.39 is 17.7 Å². The molecule has 0 heterocycles. The highest BCUT2D eigenvalue weighted by Gasteiger charge is 2.17. The smallest absolute Gasteiger partial charge is 0.412 e. The van der Waals surface area contributed by atoms with Crippen molar-refractivity contribution in [3.63, 3.8) is 0 Å². The van der Waals surface area contributed by atoms with E-state index in [0.717, 1.165) is 5.56 Å². The first kappa shape index (κ1) is 26.9. The number of aliphatic hydroxyl groups excluding tert-OH is 1. The highest BCUT2D eigenvalue weighted by Crippen LogP contribution is 2.24. The van der Waals surface area contributed by atoms with Gasteiger partial charge in [0.1, 0.15) is 12.1 Å². The van der Waals surface area contributed by atoms with Crippen LogP contribution in [0.1, 0.15) is 47.1 Å². The van der Waals surface area contributed by atoms with Crippen molar-refractivity contribution in [2.24, 2.45) is 5.73 Å². The molecular weight excluding hydrogens is 350 g/mol. The normalized spacial score (nSPS) is 9.78. The molecular formula is C19H35N3O5. The van der Waals surface area contributed by atoms with Crippen LogP contribution in [0.3, 0.4) is 0 Å². The van der Waals surface area contributed by atoms with E-state index >= 15 is 0 Å². The molecule has 0 unspecified atom stereocenters. The number of carbonyl (C=O) groups excluding carboxylic acids is 1. The van der Waals surface area contributed by atoms with Crippen molar-refractivity contribution < 1.29 is 24.5 Å². The Morgan fingerprint density at radius 1 is 1.19 bits per heavy atom. The second-order valence-corrected chi connectivity index (χ2v) is 6.11. The van der Waals surface area contributed by atoms with Crippen molar-refractivity contribution in [2.45, 2.75) is 53.6 Å². The van der Waals surface area contributed by atoms with Crippen LogP contribution in [0.25, 0.3) is 0 Å². The Labute approximate surface area is 162 Å². The first-order chi connectivity index (χ1) is 12.6. The number of carboxylic acid groups (broad SMARTS) is 1. The molecule has 0 fully saturated rings. The number of aliphatic hydroxyl groups is 1. The van der Waals surface area contributed by atoms with Gasteiger partial charge in [-0.3, -0.25) is 10.1 Å². The van der Waals surface area contributed by atoms with Crippen molar-refractivity contribution in [3.8, 4) is 0 Å². The summed E-state index contributed by atoms with van der Waals surface area (Å²) in [4.78, 5) is 22.5. The number of carboxylic acids is 1. The number of amides is 1. The number of ether oxygens (including phenoxy) is 1. The van der Waals surface area contributed by atoms with Gasteiger partial charge in [-0.25, -0.2) is 4.79 Å². The van der Waals surface area contributed by atoms with Gasteiger partial charge in [0.25, 0.3) is 0 Å². The predicted molar refractivity (Wildman–Crippen MR) is 109 cm³/mol. The van der Waals surface area contributed by atoms with Gasteiger partial charge in [0.2, 0.25) is 0 Å². The molecule has 1 aromatic rings. The average Bonchev–Trinajstić information content (AvgIpc) is 2.56. The van der Waals surface area contributed by atoms with Gasteiger partial charge < -0.3 is 26.0 Å². The van der Waals surface area contributed by atoms with Crippen LogP contribution in [0, 0.1) is 0 Å². The molecule has 0 aliphatic carbocycles. The zero-order valence-corrected chi connectivity index (χ0v) is 17.3. The van der Waals surface area contributed by atoms with E-state index in [1.54, 1.807) is 39.8 Å². The maximum Gasteiger partial charge on any atom is 0.412 e. The SMILES string of the molecule is CC.CC(C)(C)OC(=O)Nc1ccc(CCN)cc1NCC(=O)O.CCO. The lowest BCUT2D eigenvalue weighted by atomic mass is 10.1. The summed E-state index contributed by atoms with van der Waals surface area (Å²) in [5.74, 6) is -0.993. The average molecular weight is 386 g/mol. The molecule has 6 N–H and O–H groups in total. The van der Waals surface area contributed by atoms with Gasteiger partial charge in [0.05, 0.1) is 11.4 Å². The van der Waals surface area contributed by atoms with Crippen molar-refractivity contribution in [3.05, 3.63) is 23.8 Å². The van der Waals surface area contributed by atoms with Gasteiger partial charge >= 0.3 is 12.1 Å². The Bertz CT molecular complexity index is 557. The van der Waals surface area contributed by atoms with Gasteiger partial charge in [-0.05, 0) is 58.4 Å². The van der Waals surface area contributed by atoms with Crippen LogP contribution in [-0.2, 0) is 16.0 Å². The number of carbonyl (C=O) groups is 2. The number of hydrogen-bond acceptors (Lipinski definition) is 6. The molecule has 0 spiro atoms. The van der Waals surface area contributed by atoms with Crippen molar-refractivity contribution in [1.29, 1.82) is 0 Å². The molecule has 27 heavy (non-hydrogen) atoms. The van der Waals surface area contributed by atoms with Crippen LogP contribution in [0.4, 0.5) is 16.2 Å². The number of hydrogen-bond donors (Lipinski definition) is 5. The summed E-state index contributed by atoms with van der Waals surface area (Å²) in [6.07, 6.45) is 0.0616. The van der Waals surface area contributed by atoms with E-state index in [0.29, 0.717) is 24.3 Å². The fourth-order valence-electron chi connectivity index (χ4n) is 1.75. The molecule has 0 saturated carbocycles. The van der Waals surface area contributed by atoms with E-state index in [4.69, 9.17) is 20.7 Å². The largest absolute Gasteiger partial charge is 0.480 e. The van der Waals surface area contributed by atoms with Crippen LogP contribution in [0.2, 0.25) is 0 Å². The minimum absolute atomic E-state index is 0.250. The molecule has 8 heteroatoms. The maximum absolute atomic E-state index is 11.8. The topological polar surface area (TPSA) is 134 Å². The third-order valence-electron chi connectivity index (χ3n) is 2.58. The third-order valence-corrected chi connectivity index (χ3v) is 2.58. The van der Waals surface area contributed by atoms with E-state index in [1.807, 2.05) is 19.9 Å². The van der Waals surface area contributed by atoms with E-state index in [9.17, 15) is 9.59 Å². The number of nitrogens with one attached hydrogen (secondary N) is 2. The molecule has 0 aliphatic heterocycles. The number of aliphatic carboxylic acids is 1. The molecule has 0 bridgehead atoms. The molecule has 8 nitrogen and oxygen atoms in total. The van der Waals surface area contributed by atoms with Crippen LogP contribution < -0.4 is 16.4 Å². The Hall–Kier alpha value is -2.32. The number of anilines is 2.